The highest BCUT2D eigenvalue weighted by Gasteiger charge is 2.58. The van der Waals surface area contributed by atoms with Crippen molar-refractivity contribution in [3.05, 3.63) is 71.3 Å². The first-order chi connectivity index (χ1) is 10.7. The summed E-state index contributed by atoms with van der Waals surface area (Å²) < 4.78 is 0. The van der Waals surface area contributed by atoms with Crippen molar-refractivity contribution in [2.24, 2.45) is 0 Å². The second kappa shape index (κ2) is 4.98. The predicted molar refractivity (Wildman–Crippen MR) is 87.8 cm³/mol. The van der Waals surface area contributed by atoms with Gasteiger partial charge in [0.1, 0.15) is 0 Å². The van der Waals surface area contributed by atoms with Gasteiger partial charge in [-0.15, -0.1) is 0 Å². The summed E-state index contributed by atoms with van der Waals surface area (Å²) in [6.07, 6.45) is 3.42. The van der Waals surface area contributed by atoms with Gasteiger partial charge >= 0.3 is 0 Å². The van der Waals surface area contributed by atoms with Gasteiger partial charge in [-0.1, -0.05) is 54.6 Å². The largest absolute Gasteiger partial charge is 0.352 e. The summed E-state index contributed by atoms with van der Waals surface area (Å²) in [5.41, 5.74) is 4.24. The van der Waals surface area contributed by atoms with Crippen molar-refractivity contribution < 1.29 is 4.79 Å². The quantitative estimate of drug-likeness (QED) is 0.920. The number of carbonyl (C=O) groups excluding carboxylic acids is 1. The molecule has 112 valence electrons. The van der Waals surface area contributed by atoms with Gasteiger partial charge in [0.2, 0.25) is 5.91 Å². The van der Waals surface area contributed by atoms with Crippen LogP contribution in [0, 0.1) is 0 Å². The zero-order valence-electron chi connectivity index (χ0n) is 12.9. The van der Waals surface area contributed by atoms with Crippen LogP contribution in [0.5, 0.6) is 0 Å². The number of hydrogen-bond acceptors (Lipinski definition) is 1. The summed E-state index contributed by atoms with van der Waals surface area (Å²) in [5.74, 6) is 0.0629. The molecule has 1 N–H and O–H groups in total. The summed E-state index contributed by atoms with van der Waals surface area (Å²) in [6.45, 7) is 1.99. The van der Waals surface area contributed by atoms with Crippen molar-refractivity contribution in [2.75, 3.05) is 0 Å². The highest BCUT2D eigenvalue weighted by Crippen LogP contribution is 2.56. The molecule has 0 radical (unpaired) electrons. The summed E-state index contributed by atoms with van der Waals surface area (Å²) in [5, 5.41) is 3.29. The molecular weight excluding hydrogens is 270 g/mol. The molecule has 2 nitrogen and oxygen atoms in total. The highest BCUT2D eigenvalue weighted by molar-refractivity contribution is 5.84. The van der Waals surface area contributed by atoms with E-state index in [1.165, 1.54) is 17.5 Å². The van der Waals surface area contributed by atoms with E-state index in [2.05, 4.69) is 29.6 Å². The van der Waals surface area contributed by atoms with E-state index in [0.717, 1.165) is 18.4 Å². The molecule has 2 aromatic rings. The maximum absolute atomic E-state index is 12.5. The molecular formula is C20H21NO. The molecule has 0 bridgehead atoms. The molecule has 4 rings (SSSR count). The normalized spacial score (nSPS) is 26.5. The number of nitrogens with one attached hydrogen (secondary N) is 1. The van der Waals surface area contributed by atoms with Gasteiger partial charge in [0.25, 0.3) is 0 Å². The minimum absolute atomic E-state index is 0.0875. The second-order valence-corrected chi connectivity index (χ2v) is 6.71. The van der Waals surface area contributed by atoms with E-state index in [1.807, 2.05) is 37.3 Å². The molecule has 0 saturated heterocycles. The van der Waals surface area contributed by atoms with Gasteiger partial charge in [0, 0.05) is 11.5 Å². The average Bonchev–Trinajstić information content (AvgIpc) is 3.13. The van der Waals surface area contributed by atoms with Crippen molar-refractivity contribution in [1.82, 2.24) is 5.32 Å². The second-order valence-electron chi connectivity index (χ2n) is 6.71. The van der Waals surface area contributed by atoms with Gasteiger partial charge < -0.3 is 5.32 Å². The number of benzene rings is 2. The van der Waals surface area contributed by atoms with Crippen LogP contribution in [0.15, 0.2) is 54.6 Å². The fourth-order valence-electron chi connectivity index (χ4n) is 3.97. The average molecular weight is 291 g/mol. The maximum atomic E-state index is 12.5. The summed E-state index contributed by atoms with van der Waals surface area (Å²) in [7, 11) is 0. The summed E-state index contributed by atoms with van der Waals surface area (Å²) in [4.78, 5) is 12.5. The Morgan fingerprint density at radius 2 is 1.86 bits per heavy atom. The van der Waals surface area contributed by atoms with E-state index in [1.54, 1.807) is 0 Å². The first-order valence-corrected chi connectivity index (χ1v) is 8.14. The molecule has 2 aliphatic carbocycles. The fourth-order valence-corrected chi connectivity index (χ4v) is 3.97. The van der Waals surface area contributed by atoms with Crippen LogP contribution < -0.4 is 5.32 Å². The van der Waals surface area contributed by atoms with E-state index < -0.39 is 0 Å². The van der Waals surface area contributed by atoms with Crippen LogP contribution in [0.2, 0.25) is 0 Å². The molecule has 2 aliphatic rings. The van der Waals surface area contributed by atoms with Gasteiger partial charge in [-0.05, 0) is 42.9 Å². The Morgan fingerprint density at radius 1 is 1.14 bits per heavy atom. The van der Waals surface area contributed by atoms with Crippen LogP contribution in [-0.4, -0.2) is 11.9 Å². The third-order valence-electron chi connectivity index (χ3n) is 5.48. The lowest BCUT2D eigenvalue weighted by atomic mass is 9.96. The van der Waals surface area contributed by atoms with Gasteiger partial charge in [-0.3, -0.25) is 4.79 Å². The minimum Gasteiger partial charge on any atom is -0.352 e. The lowest BCUT2D eigenvalue weighted by Gasteiger charge is -2.16. The SMILES string of the molecule is C[C@@H](C(=O)N[C@@H]1C[C@]12CCc1ccccc12)c1ccccc1. The van der Waals surface area contributed by atoms with Crippen LogP contribution in [0.25, 0.3) is 0 Å². The first kappa shape index (κ1) is 13.6. The monoisotopic (exact) mass is 291 g/mol. The number of carbonyl (C=O) groups is 1. The van der Waals surface area contributed by atoms with Crippen LogP contribution in [0.3, 0.4) is 0 Å². The lowest BCUT2D eigenvalue weighted by Crippen LogP contribution is -2.33. The van der Waals surface area contributed by atoms with Crippen molar-refractivity contribution in [1.29, 1.82) is 0 Å². The van der Waals surface area contributed by atoms with Gasteiger partial charge in [0.15, 0.2) is 0 Å². The number of fused-ring (bicyclic) bond motifs is 2. The Labute approximate surface area is 131 Å². The standard InChI is InChI=1S/C20H21NO/c1-14(15-7-3-2-4-8-15)19(22)21-18-13-20(18)12-11-16-9-5-6-10-17(16)20/h2-10,14,18H,11-13H2,1H3,(H,21,22)/t14-,18-,20+/m1/s1. The topological polar surface area (TPSA) is 29.1 Å². The molecule has 3 atom stereocenters. The van der Waals surface area contributed by atoms with Crippen molar-refractivity contribution in [2.45, 2.75) is 43.6 Å². The molecule has 1 amide bonds. The molecule has 2 aromatic carbocycles. The first-order valence-electron chi connectivity index (χ1n) is 8.14. The smallest absolute Gasteiger partial charge is 0.227 e. The molecule has 0 aromatic heterocycles. The maximum Gasteiger partial charge on any atom is 0.227 e. The van der Waals surface area contributed by atoms with Gasteiger partial charge in [-0.2, -0.15) is 0 Å². The Morgan fingerprint density at radius 3 is 2.68 bits per heavy atom. The number of rotatable bonds is 3. The van der Waals surface area contributed by atoms with Crippen molar-refractivity contribution in [3.63, 3.8) is 0 Å². The van der Waals surface area contributed by atoms with Gasteiger partial charge in [-0.25, -0.2) is 0 Å². The highest BCUT2D eigenvalue weighted by atomic mass is 16.2. The summed E-state index contributed by atoms with van der Waals surface area (Å²) >= 11 is 0. The zero-order valence-corrected chi connectivity index (χ0v) is 12.9. The number of hydrogen-bond donors (Lipinski definition) is 1. The molecule has 1 saturated carbocycles. The van der Waals surface area contributed by atoms with Crippen molar-refractivity contribution >= 4 is 5.91 Å². The van der Waals surface area contributed by atoms with Crippen LogP contribution >= 0.6 is 0 Å². The van der Waals surface area contributed by atoms with E-state index in [0.29, 0.717) is 6.04 Å². The van der Waals surface area contributed by atoms with Gasteiger partial charge in [0.05, 0.1) is 5.92 Å². The van der Waals surface area contributed by atoms with Crippen LogP contribution in [0.1, 0.15) is 42.4 Å². The molecule has 0 unspecified atom stereocenters. The molecule has 0 aliphatic heterocycles. The minimum atomic E-state index is -0.0875. The Kier molecular flexibility index (Phi) is 3.07. The van der Waals surface area contributed by atoms with E-state index in [9.17, 15) is 4.79 Å². The summed E-state index contributed by atoms with van der Waals surface area (Å²) in [6, 6.07) is 19.0. The molecule has 2 heteroatoms. The molecule has 22 heavy (non-hydrogen) atoms. The predicted octanol–water partition coefficient (Wildman–Crippen LogP) is 3.56. The zero-order chi connectivity index (χ0) is 15.2. The molecule has 1 fully saturated rings. The Hall–Kier alpha value is -2.09. The lowest BCUT2D eigenvalue weighted by molar-refractivity contribution is -0.122. The number of aryl methyl sites for hydroxylation is 1. The van der Waals surface area contributed by atoms with Crippen LogP contribution in [0.4, 0.5) is 0 Å². The third-order valence-corrected chi connectivity index (χ3v) is 5.48. The third kappa shape index (κ3) is 2.06. The van der Waals surface area contributed by atoms with Crippen LogP contribution in [-0.2, 0) is 16.6 Å². The number of amides is 1. The van der Waals surface area contributed by atoms with E-state index >= 15 is 0 Å². The molecule has 0 heterocycles. The van der Waals surface area contributed by atoms with E-state index in [-0.39, 0.29) is 17.2 Å². The Balaban J connectivity index is 1.47. The fraction of sp³-hybridized carbons (Fsp3) is 0.350. The van der Waals surface area contributed by atoms with E-state index in [4.69, 9.17) is 0 Å². The Bertz CT molecular complexity index is 709. The van der Waals surface area contributed by atoms with Crippen molar-refractivity contribution in [3.8, 4) is 0 Å². The molecule has 1 spiro atoms.